The van der Waals surface area contributed by atoms with Crippen LogP contribution in [-0.2, 0) is 33.7 Å². The number of aryl methyl sites for hydroxylation is 2. The first kappa shape index (κ1) is 21.7. The Kier molecular flexibility index (Phi) is 6.61. The first-order valence-corrected chi connectivity index (χ1v) is 10.8. The lowest BCUT2D eigenvalue weighted by atomic mass is 10.1. The third-order valence-corrected chi connectivity index (χ3v) is 5.72. The maximum atomic E-state index is 12.1. The predicted molar refractivity (Wildman–Crippen MR) is 127 cm³/mol. The van der Waals surface area contributed by atoms with E-state index in [1.165, 1.54) is 5.56 Å². The van der Waals surface area contributed by atoms with Crippen molar-refractivity contribution in [1.29, 1.82) is 0 Å². The number of methoxy groups -OCH3 is 1. The number of nitrogens with one attached hydrogen (secondary N) is 1. The number of hydrogen-bond donors (Lipinski definition) is 1. The molecule has 1 N–H and O–H groups in total. The van der Waals surface area contributed by atoms with Crippen LogP contribution >= 0.6 is 0 Å². The number of fused-ring (bicyclic) bond motifs is 1. The SMILES string of the molecule is COc1cc(CNCCc2ccccc2)ccc1OCc1ccc2c(c1)n(C)c(=O)n2C. The van der Waals surface area contributed by atoms with Gasteiger partial charge in [-0.15, -0.1) is 0 Å². The number of imidazole rings is 1. The van der Waals surface area contributed by atoms with E-state index in [4.69, 9.17) is 9.47 Å². The van der Waals surface area contributed by atoms with Crippen LogP contribution in [0.15, 0.2) is 71.5 Å². The van der Waals surface area contributed by atoms with Crippen LogP contribution in [0.4, 0.5) is 0 Å². The molecule has 4 rings (SSSR count). The van der Waals surface area contributed by atoms with Gasteiger partial charge in [-0.25, -0.2) is 4.79 Å². The minimum Gasteiger partial charge on any atom is -0.493 e. The van der Waals surface area contributed by atoms with Gasteiger partial charge in [0, 0.05) is 20.6 Å². The smallest absolute Gasteiger partial charge is 0.328 e. The predicted octanol–water partition coefficient (Wildman–Crippen LogP) is 3.80. The topological polar surface area (TPSA) is 57.4 Å². The Morgan fingerprint density at radius 3 is 2.34 bits per heavy atom. The van der Waals surface area contributed by atoms with E-state index in [1.54, 1.807) is 30.3 Å². The molecule has 4 aromatic rings. The molecule has 0 saturated carbocycles. The Labute approximate surface area is 188 Å². The van der Waals surface area contributed by atoms with Gasteiger partial charge in [0.25, 0.3) is 0 Å². The molecule has 0 fully saturated rings. The second-order valence-electron chi connectivity index (χ2n) is 7.91. The molecule has 0 bridgehead atoms. The van der Waals surface area contributed by atoms with Gasteiger partial charge in [0.15, 0.2) is 11.5 Å². The summed E-state index contributed by atoms with van der Waals surface area (Å²) in [6.07, 6.45) is 0.997. The van der Waals surface area contributed by atoms with E-state index < -0.39 is 0 Å². The molecule has 0 aliphatic heterocycles. The highest BCUT2D eigenvalue weighted by Crippen LogP contribution is 2.29. The van der Waals surface area contributed by atoms with Crippen LogP contribution in [0, 0.1) is 0 Å². The van der Waals surface area contributed by atoms with Crippen molar-refractivity contribution in [3.05, 3.63) is 93.9 Å². The molecule has 1 aromatic heterocycles. The minimum absolute atomic E-state index is 0.0345. The zero-order valence-electron chi connectivity index (χ0n) is 18.8. The summed E-state index contributed by atoms with van der Waals surface area (Å²) in [5, 5.41) is 3.48. The van der Waals surface area contributed by atoms with Gasteiger partial charge in [-0.05, 0) is 53.9 Å². The fourth-order valence-electron chi connectivity index (χ4n) is 3.85. The van der Waals surface area contributed by atoms with Crippen LogP contribution in [0.3, 0.4) is 0 Å². The second kappa shape index (κ2) is 9.75. The largest absolute Gasteiger partial charge is 0.493 e. The Morgan fingerprint density at radius 1 is 0.812 bits per heavy atom. The van der Waals surface area contributed by atoms with Crippen LogP contribution in [0.25, 0.3) is 11.0 Å². The molecule has 0 aliphatic carbocycles. The molecular formula is C26H29N3O3. The zero-order chi connectivity index (χ0) is 22.5. The molecule has 1 heterocycles. The van der Waals surface area contributed by atoms with Crippen LogP contribution in [0.2, 0.25) is 0 Å². The van der Waals surface area contributed by atoms with E-state index >= 15 is 0 Å². The highest BCUT2D eigenvalue weighted by atomic mass is 16.5. The van der Waals surface area contributed by atoms with E-state index in [2.05, 4.69) is 35.6 Å². The average molecular weight is 432 g/mol. The Bertz CT molecular complexity index is 1260. The number of ether oxygens (including phenoxy) is 2. The first-order valence-electron chi connectivity index (χ1n) is 10.8. The quantitative estimate of drug-likeness (QED) is 0.410. The number of rotatable bonds is 9. The zero-order valence-corrected chi connectivity index (χ0v) is 18.8. The van der Waals surface area contributed by atoms with Gasteiger partial charge < -0.3 is 14.8 Å². The number of hydrogen-bond acceptors (Lipinski definition) is 4. The molecule has 32 heavy (non-hydrogen) atoms. The van der Waals surface area contributed by atoms with Crippen molar-refractivity contribution in [3.8, 4) is 11.5 Å². The lowest BCUT2D eigenvalue weighted by molar-refractivity contribution is 0.284. The molecule has 0 radical (unpaired) electrons. The first-order chi connectivity index (χ1) is 15.6. The summed E-state index contributed by atoms with van der Waals surface area (Å²) in [4.78, 5) is 12.1. The van der Waals surface area contributed by atoms with Gasteiger partial charge in [-0.3, -0.25) is 9.13 Å². The molecule has 6 heteroatoms. The summed E-state index contributed by atoms with van der Waals surface area (Å²) in [6.45, 7) is 2.07. The standard InChI is InChI=1S/C26H29N3O3/c1-28-22-11-9-21(15-23(22)29(2)26(28)30)18-32-24-12-10-20(16-25(24)31-3)17-27-14-13-19-7-5-4-6-8-19/h4-12,15-16,27H,13-14,17-18H2,1-3H3. The Hall–Kier alpha value is -3.51. The van der Waals surface area contributed by atoms with Crippen molar-refractivity contribution >= 4 is 11.0 Å². The fourth-order valence-corrected chi connectivity index (χ4v) is 3.85. The Morgan fingerprint density at radius 2 is 1.56 bits per heavy atom. The Balaban J connectivity index is 1.37. The monoisotopic (exact) mass is 431 g/mol. The number of benzene rings is 3. The molecule has 0 saturated heterocycles. The van der Waals surface area contributed by atoms with Crippen LogP contribution in [0.5, 0.6) is 11.5 Å². The number of aromatic nitrogens is 2. The van der Waals surface area contributed by atoms with E-state index in [-0.39, 0.29) is 5.69 Å². The summed E-state index contributed by atoms with van der Waals surface area (Å²) in [6, 6.07) is 22.4. The molecule has 166 valence electrons. The summed E-state index contributed by atoms with van der Waals surface area (Å²) in [7, 11) is 5.22. The molecule has 6 nitrogen and oxygen atoms in total. The molecule has 0 spiro atoms. The highest BCUT2D eigenvalue weighted by Gasteiger charge is 2.10. The van der Waals surface area contributed by atoms with Gasteiger partial charge >= 0.3 is 5.69 Å². The maximum absolute atomic E-state index is 12.1. The molecular weight excluding hydrogens is 402 g/mol. The minimum atomic E-state index is -0.0345. The van der Waals surface area contributed by atoms with Crippen molar-refractivity contribution < 1.29 is 9.47 Å². The van der Waals surface area contributed by atoms with Crippen LogP contribution < -0.4 is 20.5 Å². The summed E-state index contributed by atoms with van der Waals surface area (Å²) < 4.78 is 14.9. The lowest BCUT2D eigenvalue weighted by Crippen LogP contribution is -2.19. The van der Waals surface area contributed by atoms with Gasteiger partial charge in [-0.1, -0.05) is 42.5 Å². The average Bonchev–Trinajstić information content (AvgIpc) is 3.05. The van der Waals surface area contributed by atoms with Crippen molar-refractivity contribution in [3.63, 3.8) is 0 Å². The van der Waals surface area contributed by atoms with E-state index in [9.17, 15) is 4.79 Å². The molecule has 3 aromatic carbocycles. The normalized spacial score (nSPS) is 11.1. The van der Waals surface area contributed by atoms with Crippen molar-refractivity contribution in [2.24, 2.45) is 14.1 Å². The number of nitrogens with zero attached hydrogens (tertiary/aromatic N) is 2. The van der Waals surface area contributed by atoms with Crippen LogP contribution in [0.1, 0.15) is 16.7 Å². The third kappa shape index (κ3) is 4.70. The van der Waals surface area contributed by atoms with E-state index in [0.29, 0.717) is 18.1 Å². The van der Waals surface area contributed by atoms with Gasteiger partial charge in [0.05, 0.1) is 18.1 Å². The second-order valence-corrected chi connectivity index (χ2v) is 7.91. The summed E-state index contributed by atoms with van der Waals surface area (Å²) in [5.41, 5.74) is 5.23. The molecule has 0 atom stereocenters. The lowest BCUT2D eigenvalue weighted by Gasteiger charge is -2.13. The maximum Gasteiger partial charge on any atom is 0.328 e. The molecule has 0 aliphatic rings. The van der Waals surface area contributed by atoms with Crippen molar-refractivity contribution in [2.75, 3.05) is 13.7 Å². The molecule has 0 amide bonds. The third-order valence-electron chi connectivity index (χ3n) is 5.72. The summed E-state index contributed by atoms with van der Waals surface area (Å²) >= 11 is 0. The molecule has 0 unspecified atom stereocenters. The van der Waals surface area contributed by atoms with Crippen molar-refractivity contribution in [1.82, 2.24) is 14.5 Å². The van der Waals surface area contributed by atoms with Gasteiger partial charge in [0.2, 0.25) is 0 Å². The van der Waals surface area contributed by atoms with Crippen LogP contribution in [-0.4, -0.2) is 22.8 Å². The van der Waals surface area contributed by atoms with E-state index in [1.807, 2.05) is 36.4 Å². The highest BCUT2D eigenvalue weighted by molar-refractivity contribution is 5.76. The van der Waals surface area contributed by atoms with E-state index in [0.717, 1.165) is 41.7 Å². The van der Waals surface area contributed by atoms with Gasteiger partial charge in [-0.2, -0.15) is 0 Å². The summed E-state index contributed by atoms with van der Waals surface area (Å²) in [5.74, 6) is 1.41. The fraction of sp³-hybridized carbons (Fsp3) is 0.269. The van der Waals surface area contributed by atoms with Gasteiger partial charge in [0.1, 0.15) is 6.61 Å². The van der Waals surface area contributed by atoms with Crippen molar-refractivity contribution in [2.45, 2.75) is 19.6 Å².